The Morgan fingerprint density at radius 3 is 1.83 bits per heavy atom. The van der Waals surface area contributed by atoms with E-state index in [1.54, 1.807) is 5.69 Å². The third kappa shape index (κ3) is 7.27. The smallest absolute Gasteiger partial charge is 0.135 e. The Hall–Kier alpha value is -0.530. The number of para-hydroxylation sites is 1. The van der Waals surface area contributed by atoms with Crippen molar-refractivity contribution in [3.8, 4) is 0 Å². The number of quaternary nitrogens is 1. The highest BCUT2D eigenvalue weighted by Crippen LogP contribution is 2.29. The molecule has 0 fully saturated rings. The average molecular weight is 340 g/mol. The van der Waals surface area contributed by atoms with Gasteiger partial charge < -0.3 is 12.4 Å². The fraction of sp³-hybridized carbons (Fsp3) is 0.714. The molecule has 23 heavy (non-hydrogen) atoms. The summed E-state index contributed by atoms with van der Waals surface area (Å²) in [5, 5.41) is 0. The van der Waals surface area contributed by atoms with Crippen LogP contribution in [0.2, 0.25) is 0 Å². The second-order valence-electron chi connectivity index (χ2n) is 6.87. The van der Waals surface area contributed by atoms with E-state index in [0.29, 0.717) is 0 Å². The first-order chi connectivity index (χ1) is 10.7. The van der Waals surface area contributed by atoms with Crippen LogP contribution in [0.4, 0.5) is 5.69 Å². The van der Waals surface area contributed by atoms with Crippen LogP contribution in [0.15, 0.2) is 24.3 Å². The minimum absolute atomic E-state index is 0. The van der Waals surface area contributed by atoms with E-state index in [0.717, 1.165) is 0 Å². The molecule has 0 aliphatic rings. The van der Waals surface area contributed by atoms with Gasteiger partial charge in [0, 0.05) is 5.56 Å². The molecule has 0 bridgehead atoms. The van der Waals surface area contributed by atoms with Crippen molar-refractivity contribution in [2.45, 2.75) is 79.1 Å². The fourth-order valence-corrected chi connectivity index (χ4v) is 3.84. The molecule has 0 N–H and O–H groups in total. The Morgan fingerprint density at radius 1 is 0.696 bits per heavy atom. The summed E-state index contributed by atoms with van der Waals surface area (Å²) in [6, 6.07) is 9.06. The van der Waals surface area contributed by atoms with E-state index in [1.807, 2.05) is 0 Å². The lowest BCUT2D eigenvalue weighted by molar-refractivity contribution is -0.00000496. The number of aryl methyl sites for hydroxylation is 1. The van der Waals surface area contributed by atoms with Crippen LogP contribution in [0, 0.1) is 6.92 Å². The van der Waals surface area contributed by atoms with E-state index < -0.39 is 0 Å². The molecule has 0 saturated heterocycles. The van der Waals surface area contributed by atoms with Gasteiger partial charge in [0.25, 0.3) is 0 Å². The number of hydrogen-bond donors (Lipinski definition) is 0. The van der Waals surface area contributed by atoms with Gasteiger partial charge in [0.15, 0.2) is 0 Å². The SMILES string of the molecule is CCCCCCCC[N+](CCC)(CCC)c1ccccc1C.[Cl-]. The predicted molar refractivity (Wildman–Crippen MR) is 102 cm³/mol. The van der Waals surface area contributed by atoms with Gasteiger partial charge in [-0.1, -0.05) is 64.7 Å². The summed E-state index contributed by atoms with van der Waals surface area (Å²) >= 11 is 0. The minimum atomic E-state index is 0. The van der Waals surface area contributed by atoms with Crippen molar-refractivity contribution in [1.29, 1.82) is 0 Å². The molecule has 0 aliphatic heterocycles. The summed E-state index contributed by atoms with van der Waals surface area (Å²) in [4.78, 5) is 0. The van der Waals surface area contributed by atoms with Crippen molar-refractivity contribution in [3.05, 3.63) is 29.8 Å². The molecule has 1 aromatic rings. The molecule has 0 heterocycles. The molecule has 134 valence electrons. The van der Waals surface area contributed by atoms with Gasteiger partial charge in [-0.3, -0.25) is 4.48 Å². The zero-order valence-electron chi connectivity index (χ0n) is 15.9. The molecule has 0 atom stereocenters. The maximum atomic E-state index is 2.37. The van der Waals surface area contributed by atoms with Crippen molar-refractivity contribution in [2.75, 3.05) is 19.6 Å². The van der Waals surface area contributed by atoms with Crippen LogP contribution in [-0.2, 0) is 0 Å². The van der Waals surface area contributed by atoms with Crippen LogP contribution < -0.4 is 16.9 Å². The monoisotopic (exact) mass is 339 g/mol. The van der Waals surface area contributed by atoms with E-state index in [-0.39, 0.29) is 12.4 Å². The van der Waals surface area contributed by atoms with Crippen LogP contribution in [0.3, 0.4) is 0 Å². The Bertz CT molecular complexity index is 397. The first kappa shape index (κ1) is 22.5. The largest absolute Gasteiger partial charge is 1.00 e. The third-order valence-corrected chi connectivity index (χ3v) is 4.87. The molecule has 2 heteroatoms. The van der Waals surface area contributed by atoms with Gasteiger partial charge in [0.1, 0.15) is 5.69 Å². The van der Waals surface area contributed by atoms with Gasteiger partial charge in [0.2, 0.25) is 0 Å². The lowest BCUT2D eigenvalue weighted by atomic mass is 10.1. The molecule has 1 nitrogen and oxygen atoms in total. The fourth-order valence-electron chi connectivity index (χ4n) is 3.84. The van der Waals surface area contributed by atoms with E-state index >= 15 is 0 Å². The van der Waals surface area contributed by atoms with Crippen molar-refractivity contribution in [3.63, 3.8) is 0 Å². The standard InChI is InChI=1S/C21H38N.ClH/c1-5-8-9-10-11-14-19-22(17-6-2,18-7-3)21-16-13-12-15-20(21)4;/h12-13,15-16H,5-11,14,17-19H2,1-4H3;1H/q+1;/p-1. The number of benzene rings is 1. The minimum Gasteiger partial charge on any atom is -1.00 e. The lowest BCUT2D eigenvalue weighted by Gasteiger charge is -2.39. The van der Waals surface area contributed by atoms with E-state index in [4.69, 9.17) is 0 Å². The van der Waals surface area contributed by atoms with Crippen molar-refractivity contribution >= 4 is 5.69 Å². The summed E-state index contributed by atoms with van der Waals surface area (Å²) in [6.07, 6.45) is 10.9. The number of rotatable bonds is 12. The topological polar surface area (TPSA) is 0 Å². The Morgan fingerprint density at radius 2 is 1.26 bits per heavy atom. The van der Waals surface area contributed by atoms with Crippen LogP contribution in [0.25, 0.3) is 0 Å². The highest BCUT2D eigenvalue weighted by molar-refractivity contribution is 5.49. The summed E-state index contributed by atoms with van der Waals surface area (Å²) in [7, 11) is 0. The number of hydrogen-bond acceptors (Lipinski definition) is 0. The second kappa shape index (κ2) is 12.8. The molecule has 0 aromatic heterocycles. The quantitative estimate of drug-likeness (QED) is 0.404. The van der Waals surface area contributed by atoms with Gasteiger partial charge in [-0.25, -0.2) is 0 Å². The first-order valence-electron chi connectivity index (χ1n) is 9.62. The normalized spacial score (nSPS) is 11.3. The first-order valence-corrected chi connectivity index (χ1v) is 9.62. The number of nitrogens with zero attached hydrogens (tertiary/aromatic N) is 1. The highest BCUT2D eigenvalue weighted by Gasteiger charge is 2.29. The molecule has 1 rings (SSSR count). The van der Waals surface area contributed by atoms with Gasteiger partial charge in [-0.15, -0.1) is 0 Å². The van der Waals surface area contributed by atoms with E-state index in [1.165, 1.54) is 81.0 Å². The van der Waals surface area contributed by atoms with Crippen molar-refractivity contribution in [2.24, 2.45) is 0 Å². The predicted octanol–water partition coefficient (Wildman–Crippen LogP) is 3.49. The third-order valence-electron chi connectivity index (χ3n) is 4.87. The molecule has 1 aromatic carbocycles. The van der Waals surface area contributed by atoms with Crippen molar-refractivity contribution < 1.29 is 12.4 Å². The Labute approximate surface area is 151 Å². The molecule has 0 amide bonds. The van der Waals surface area contributed by atoms with Gasteiger partial charge in [0.05, 0.1) is 19.6 Å². The zero-order chi connectivity index (χ0) is 16.3. The maximum Gasteiger partial charge on any atom is 0.135 e. The van der Waals surface area contributed by atoms with Gasteiger partial charge in [-0.05, 0) is 38.7 Å². The molecule has 0 aliphatic carbocycles. The molecule has 0 unspecified atom stereocenters. The highest BCUT2D eigenvalue weighted by atomic mass is 35.5. The van der Waals surface area contributed by atoms with Crippen LogP contribution in [0.1, 0.15) is 77.7 Å². The average Bonchev–Trinajstić information content (AvgIpc) is 2.51. The number of halogens is 1. The molecule has 0 saturated carbocycles. The summed E-state index contributed by atoms with van der Waals surface area (Å²) < 4.78 is 1.20. The number of unbranched alkanes of at least 4 members (excludes halogenated alkanes) is 5. The Kier molecular flexibility index (Phi) is 12.5. The van der Waals surface area contributed by atoms with Gasteiger partial charge >= 0.3 is 0 Å². The molecule has 0 spiro atoms. The summed E-state index contributed by atoms with van der Waals surface area (Å²) in [6.45, 7) is 13.1. The Balaban J connectivity index is 0.00000484. The maximum absolute atomic E-state index is 2.37. The summed E-state index contributed by atoms with van der Waals surface area (Å²) in [5.41, 5.74) is 3.04. The van der Waals surface area contributed by atoms with Crippen molar-refractivity contribution in [1.82, 2.24) is 4.48 Å². The van der Waals surface area contributed by atoms with E-state index in [9.17, 15) is 0 Å². The lowest BCUT2D eigenvalue weighted by Crippen LogP contribution is -3.00. The molecular formula is C21H38ClN. The zero-order valence-corrected chi connectivity index (χ0v) is 16.7. The van der Waals surface area contributed by atoms with E-state index in [2.05, 4.69) is 52.0 Å². The molecule has 0 radical (unpaired) electrons. The second-order valence-corrected chi connectivity index (χ2v) is 6.87. The van der Waals surface area contributed by atoms with Gasteiger partial charge in [-0.2, -0.15) is 0 Å². The van der Waals surface area contributed by atoms with Crippen LogP contribution in [-0.4, -0.2) is 19.6 Å². The molecular weight excluding hydrogens is 302 g/mol. The van der Waals surface area contributed by atoms with Crippen LogP contribution >= 0.6 is 0 Å². The summed E-state index contributed by atoms with van der Waals surface area (Å²) in [5.74, 6) is 0. The van der Waals surface area contributed by atoms with Crippen LogP contribution in [0.5, 0.6) is 0 Å².